The molecule has 0 heterocycles. The quantitative estimate of drug-likeness (QED) is 0.850. The molecule has 0 spiro atoms. The highest BCUT2D eigenvalue weighted by molar-refractivity contribution is 5.73. The first kappa shape index (κ1) is 11.1. The monoisotopic (exact) mass is 222 g/mol. The van der Waals surface area contributed by atoms with Gasteiger partial charge in [0.15, 0.2) is 0 Å². The van der Waals surface area contributed by atoms with Gasteiger partial charge in [-0.15, -0.1) is 0 Å². The number of aliphatic carboxylic acids is 1. The predicted molar refractivity (Wildman–Crippen MR) is 58.5 cm³/mol. The van der Waals surface area contributed by atoms with Crippen LogP contribution in [0.2, 0.25) is 0 Å². The second kappa shape index (κ2) is 4.24. The predicted octanol–water partition coefficient (Wildman–Crippen LogP) is 2.73. The average molecular weight is 222 g/mol. The Morgan fingerprint density at radius 1 is 1.50 bits per heavy atom. The fraction of sp³-hybridized carbons (Fsp3) is 0.462. The van der Waals surface area contributed by atoms with E-state index in [9.17, 15) is 9.18 Å². The lowest BCUT2D eigenvalue weighted by atomic mass is 9.95. The summed E-state index contributed by atoms with van der Waals surface area (Å²) in [6, 6.07) is 6.43. The Morgan fingerprint density at radius 3 is 2.62 bits per heavy atom. The summed E-state index contributed by atoms with van der Waals surface area (Å²) < 4.78 is 12.7. The van der Waals surface area contributed by atoms with E-state index in [2.05, 4.69) is 6.92 Å². The van der Waals surface area contributed by atoms with Gasteiger partial charge in [0.25, 0.3) is 0 Å². The molecule has 0 aromatic heterocycles. The third-order valence-electron chi connectivity index (χ3n) is 3.36. The van der Waals surface area contributed by atoms with E-state index >= 15 is 0 Å². The minimum Gasteiger partial charge on any atom is -0.481 e. The number of carboxylic acids is 1. The number of carbonyl (C=O) groups is 1. The van der Waals surface area contributed by atoms with Crippen molar-refractivity contribution in [3.63, 3.8) is 0 Å². The summed E-state index contributed by atoms with van der Waals surface area (Å²) in [4.78, 5) is 10.7. The standard InChI is InChI=1S/C13H15FO2/c1-8(11-7-12(11)13(15)16)6-9-2-4-10(14)5-3-9/h2-5,8,11-12H,6-7H2,1H3,(H,15,16). The van der Waals surface area contributed by atoms with Crippen molar-refractivity contribution in [2.75, 3.05) is 0 Å². The molecule has 3 heteroatoms. The maximum atomic E-state index is 12.7. The lowest BCUT2D eigenvalue weighted by Gasteiger charge is -2.10. The summed E-state index contributed by atoms with van der Waals surface area (Å²) in [7, 11) is 0. The van der Waals surface area contributed by atoms with Gasteiger partial charge < -0.3 is 5.11 Å². The summed E-state index contributed by atoms with van der Waals surface area (Å²) in [5.41, 5.74) is 1.07. The number of hydrogen-bond donors (Lipinski definition) is 1. The van der Waals surface area contributed by atoms with Crippen LogP contribution in [0.25, 0.3) is 0 Å². The summed E-state index contributed by atoms with van der Waals surface area (Å²) >= 11 is 0. The molecule has 1 N–H and O–H groups in total. The molecule has 1 fully saturated rings. The molecule has 1 aliphatic rings. The van der Waals surface area contributed by atoms with Crippen LogP contribution in [-0.4, -0.2) is 11.1 Å². The van der Waals surface area contributed by atoms with E-state index in [0.29, 0.717) is 11.8 Å². The molecule has 0 saturated heterocycles. The molecule has 1 saturated carbocycles. The zero-order chi connectivity index (χ0) is 11.7. The van der Waals surface area contributed by atoms with E-state index in [1.807, 2.05) is 0 Å². The molecule has 1 aromatic rings. The first-order valence-electron chi connectivity index (χ1n) is 5.55. The van der Waals surface area contributed by atoms with E-state index in [0.717, 1.165) is 18.4 Å². The van der Waals surface area contributed by atoms with Crippen molar-refractivity contribution in [2.45, 2.75) is 19.8 Å². The number of benzene rings is 1. The minimum absolute atomic E-state index is 0.157. The molecule has 3 unspecified atom stereocenters. The van der Waals surface area contributed by atoms with Crippen LogP contribution < -0.4 is 0 Å². The summed E-state index contributed by atoms with van der Waals surface area (Å²) in [6.45, 7) is 2.07. The zero-order valence-corrected chi connectivity index (χ0v) is 9.19. The highest BCUT2D eigenvalue weighted by Crippen LogP contribution is 2.45. The van der Waals surface area contributed by atoms with Crippen LogP contribution in [0.1, 0.15) is 18.9 Å². The molecule has 1 aliphatic carbocycles. The van der Waals surface area contributed by atoms with Crippen molar-refractivity contribution in [2.24, 2.45) is 17.8 Å². The molecule has 0 amide bonds. The van der Waals surface area contributed by atoms with Crippen LogP contribution in [0, 0.1) is 23.6 Å². The molecular weight excluding hydrogens is 207 g/mol. The van der Waals surface area contributed by atoms with Gasteiger partial charge >= 0.3 is 5.97 Å². The second-order valence-electron chi connectivity index (χ2n) is 4.65. The number of halogens is 1. The molecule has 0 radical (unpaired) electrons. The van der Waals surface area contributed by atoms with Gasteiger partial charge in [-0.25, -0.2) is 4.39 Å². The Balaban J connectivity index is 1.91. The van der Waals surface area contributed by atoms with Gasteiger partial charge in [0.05, 0.1) is 5.92 Å². The van der Waals surface area contributed by atoms with Crippen molar-refractivity contribution in [1.82, 2.24) is 0 Å². The first-order chi connectivity index (χ1) is 7.58. The molecule has 2 nitrogen and oxygen atoms in total. The average Bonchev–Trinajstić information content (AvgIpc) is 3.01. The largest absolute Gasteiger partial charge is 0.481 e. The smallest absolute Gasteiger partial charge is 0.306 e. The molecule has 0 bridgehead atoms. The van der Waals surface area contributed by atoms with E-state index in [1.54, 1.807) is 12.1 Å². The number of rotatable bonds is 4. The van der Waals surface area contributed by atoms with Crippen LogP contribution in [0.15, 0.2) is 24.3 Å². The summed E-state index contributed by atoms with van der Waals surface area (Å²) in [5, 5.41) is 8.83. The van der Waals surface area contributed by atoms with E-state index in [4.69, 9.17) is 5.11 Å². The second-order valence-corrected chi connectivity index (χ2v) is 4.65. The third-order valence-corrected chi connectivity index (χ3v) is 3.36. The highest BCUT2D eigenvalue weighted by Gasteiger charge is 2.45. The maximum absolute atomic E-state index is 12.7. The Morgan fingerprint density at radius 2 is 2.12 bits per heavy atom. The Kier molecular flexibility index (Phi) is 2.95. The maximum Gasteiger partial charge on any atom is 0.306 e. The topological polar surface area (TPSA) is 37.3 Å². The Hall–Kier alpha value is -1.38. The van der Waals surface area contributed by atoms with Crippen molar-refractivity contribution in [1.29, 1.82) is 0 Å². The van der Waals surface area contributed by atoms with Gasteiger partial charge in [-0.1, -0.05) is 19.1 Å². The fourth-order valence-electron chi connectivity index (χ4n) is 2.27. The van der Waals surface area contributed by atoms with Gasteiger partial charge in [0, 0.05) is 0 Å². The van der Waals surface area contributed by atoms with E-state index < -0.39 is 5.97 Å². The number of hydrogen-bond acceptors (Lipinski definition) is 1. The molecule has 2 rings (SSSR count). The Labute approximate surface area is 94.1 Å². The first-order valence-corrected chi connectivity index (χ1v) is 5.55. The van der Waals surface area contributed by atoms with Gasteiger partial charge in [0.2, 0.25) is 0 Å². The fourth-order valence-corrected chi connectivity index (χ4v) is 2.27. The van der Waals surface area contributed by atoms with Crippen molar-refractivity contribution in [3.05, 3.63) is 35.6 Å². The van der Waals surface area contributed by atoms with Crippen molar-refractivity contribution in [3.8, 4) is 0 Å². The van der Waals surface area contributed by atoms with Crippen LogP contribution in [0.3, 0.4) is 0 Å². The van der Waals surface area contributed by atoms with Crippen LogP contribution in [0.4, 0.5) is 4.39 Å². The van der Waals surface area contributed by atoms with Crippen LogP contribution in [0.5, 0.6) is 0 Å². The van der Waals surface area contributed by atoms with Crippen molar-refractivity contribution >= 4 is 5.97 Å². The molecule has 16 heavy (non-hydrogen) atoms. The van der Waals surface area contributed by atoms with Gasteiger partial charge in [-0.2, -0.15) is 0 Å². The summed E-state index contributed by atoms with van der Waals surface area (Å²) in [6.07, 6.45) is 1.62. The molecule has 0 aliphatic heterocycles. The molecule has 1 aromatic carbocycles. The minimum atomic E-state index is -0.684. The highest BCUT2D eigenvalue weighted by atomic mass is 19.1. The molecule has 3 atom stereocenters. The zero-order valence-electron chi connectivity index (χ0n) is 9.19. The molecule has 86 valence electrons. The van der Waals surface area contributed by atoms with Crippen LogP contribution in [-0.2, 0) is 11.2 Å². The van der Waals surface area contributed by atoms with E-state index in [-0.39, 0.29) is 11.7 Å². The number of carboxylic acid groups (broad SMARTS) is 1. The SMILES string of the molecule is CC(Cc1ccc(F)cc1)C1CC1C(=O)O. The van der Waals surface area contributed by atoms with Gasteiger partial charge in [-0.05, 0) is 42.4 Å². The summed E-state index contributed by atoms with van der Waals surface area (Å²) in [5.74, 6) is -0.424. The van der Waals surface area contributed by atoms with E-state index in [1.165, 1.54) is 12.1 Å². The lowest BCUT2D eigenvalue weighted by molar-refractivity contribution is -0.139. The van der Waals surface area contributed by atoms with Crippen LogP contribution >= 0.6 is 0 Å². The van der Waals surface area contributed by atoms with Gasteiger partial charge in [0.1, 0.15) is 5.82 Å². The third kappa shape index (κ3) is 2.40. The van der Waals surface area contributed by atoms with Gasteiger partial charge in [-0.3, -0.25) is 4.79 Å². The Bertz CT molecular complexity index is 385. The lowest BCUT2D eigenvalue weighted by Crippen LogP contribution is -2.08. The molecular formula is C13H15FO2. The van der Waals surface area contributed by atoms with Crippen molar-refractivity contribution < 1.29 is 14.3 Å². The normalized spacial score (nSPS) is 25.1.